The van der Waals surface area contributed by atoms with Gasteiger partial charge in [0.2, 0.25) is 0 Å². The van der Waals surface area contributed by atoms with E-state index in [-0.39, 0.29) is 11.7 Å². The van der Waals surface area contributed by atoms with Gasteiger partial charge in [-0.15, -0.1) is 0 Å². The molecule has 2 aromatic rings. The first-order valence-electron chi connectivity index (χ1n) is 7.07. The van der Waals surface area contributed by atoms with Crippen LogP contribution in [0, 0.1) is 6.92 Å². The highest BCUT2D eigenvalue weighted by atomic mass is 16.3. The molecule has 0 atom stereocenters. The maximum Gasteiger partial charge on any atom is 0.255 e. The summed E-state index contributed by atoms with van der Waals surface area (Å²) in [6.07, 6.45) is 0.917. The third kappa shape index (κ3) is 2.76. The molecule has 1 amide bonds. The second kappa shape index (κ2) is 5.58. The van der Waals surface area contributed by atoms with Crippen molar-refractivity contribution >= 4 is 11.6 Å². The first kappa shape index (κ1) is 13.6. The predicted molar refractivity (Wildman–Crippen MR) is 82.6 cm³/mol. The van der Waals surface area contributed by atoms with Crippen LogP contribution in [0.3, 0.4) is 0 Å². The minimum Gasteiger partial charge on any atom is -0.508 e. The maximum absolute atomic E-state index is 12.4. The van der Waals surface area contributed by atoms with Gasteiger partial charge in [-0.05, 0) is 60.8 Å². The summed E-state index contributed by atoms with van der Waals surface area (Å²) in [6, 6.07) is 10.9. The zero-order valence-corrected chi connectivity index (χ0v) is 11.9. The van der Waals surface area contributed by atoms with Crippen molar-refractivity contribution in [3.05, 3.63) is 58.7 Å². The molecule has 3 rings (SSSR count). The molecule has 1 aliphatic heterocycles. The molecule has 3 N–H and O–H groups in total. The van der Waals surface area contributed by atoms with Gasteiger partial charge >= 0.3 is 0 Å². The van der Waals surface area contributed by atoms with E-state index in [1.165, 1.54) is 11.1 Å². The number of benzene rings is 2. The normalized spacial score (nSPS) is 13.6. The molecular formula is C17H18N2O2. The molecule has 4 heteroatoms. The molecule has 0 saturated heterocycles. The molecule has 108 valence electrons. The molecule has 1 heterocycles. The number of aromatic hydroxyl groups is 1. The summed E-state index contributed by atoms with van der Waals surface area (Å²) >= 11 is 0. The van der Waals surface area contributed by atoms with Gasteiger partial charge in [-0.3, -0.25) is 4.79 Å². The fourth-order valence-corrected chi connectivity index (χ4v) is 2.64. The summed E-state index contributed by atoms with van der Waals surface area (Å²) in [5, 5.41) is 15.8. The van der Waals surface area contributed by atoms with Crippen LogP contribution in [0.1, 0.15) is 27.0 Å². The first-order valence-corrected chi connectivity index (χ1v) is 7.07. The Balaban J connectivity index is 1.86. The molecule has 0 bridgehead atoms. The minimum atomic E-state index is -0.148. The Hall–Kier alpha value is -2.33. The summed E-state index contributed by atoms with van der Waals surface area (Å²) in [5.41, 5.74) is 4.57. The molecule has 0 radical (unpaired) electrons. The summed E-state index contributed by atoms with van der Waals surface area (Å²) in [6.45, 7) is 3.55. The van der Waals surface area contributed by atoms with Gasteiger partial charge in [-0.2, -0.15) is 0 Å². The number of anilines is 1. The fourth-order valence-electron chi connectivity index (χ4n) is 2.64. The molecule has 4 nitrogen and oxygen atoms in total. The summed E-state index contributed by atoms with van der Waals surface area (Å²) in [5.74, 6) is 0.0553. The second-order valence-corrected chi connectivity index (χ2v) is 5.33. The molecule has 2 aromatic carbocycles. The first-order chi connectivity index (χ1) is 10.1. The zero-order valence-electron chi connectivity index (χ0n) is 11.9. The number of phenols is 1. The van der Waals surface area contributed by atoms with Crippen LogP contribution in [0.5, 0.6) is 5.75 Å². The Bertz CT molecular complexity index is 695. The molecule has 21 heavy (non-hydrogen) atoms. The Morgan fingerprint density at radius 2 is 2.14 bits per heavy atom. The Morgan fingerprint density at radius 3 is 2.95 bits per heavy atom. The predicted octanol–water partition coefficient (Wildman–Crippen LogP) is 2.60. The Kier molecular flexibility index (Phi) is 3.62. The van der Waals surface area contributed by atoms with Crippen molar-refractivity contribution in [2.24, 2.45) is 0 Å². The SMILES string of the molecule is Cc1cc(C(=O)Nc2cccc3c2CCNC3)ccc1O. The number of carbonyl (C=O) groups excluding carboxylic acids is 1. The minimum absolute atomic E-state index is 0.148. The van der Waals surface area contributed by atoms with Gasteiger partial charge in [0, 0.05) is 17.8 Å². The average Bonchev–Trinajstić information content (AvgIpc) is 2.50. The van der Waals surface area contributed by atoms with Crippen molar-refractivity contribution in [1.82, 2.24) is 5.32 Å². The van der Waals surface area contributed by atoms with Gasteiger partial charge in [0.05, 0.1) is 0 Å². The number of hydrogen-bond donors (Lipinski definition) is 3. The third-order valence-corrected chi connectivity index (χ3v) is 3.85. The van der Waals surface area contributed by atoms with Crippen LogP contribution in [-0.4, -0.2) is 17.6 Å². The number of hydrogen-bond acceptors (Lipinski definition) is 3. The number of fused-ring (bicyclic) bond motifs is 1. The van der Waals surface area contributed by atoms with E-state index in [1.807, 2.05) is 12.1 Å². The zero-order chi connectivity index (χ0) is 14.8. The number of aryl methyl sites for hydroxylation is 1. The molecule has 1 aliphatic rings. The highest BCUT2D eigenvalue weighted by Crippen LogP contribution is 2.24. The number of carbonyl (C=O) groups is 1. The number of rotatable bonds is 2. The summed E-state index contributed by atoms with van der Waals surface area (Å²) in [4.78, 5) is 12.4. The lowest BCUT2D eigenvalue weighted by atomic mass is 9.99. The lowest BCUT2D eigenvalue weighted by molar-refractivity contribution is 0.102. The second-order valence-electron chi connectivity index (χ2n) is 5.33. The van der Waals surface area contributed by atoms with E-state index < -0.39 is 0 Å². The van der Waals surface area contributed by atoms with Gasteiger partial charge in [0.1, 0.15) is 5.75 Å². The van der Waals surface area contributed by atoms with Gasteiger partial charge in [-0.1, -0.05) is 12.1 Å². The van der Waals surface area contributed by atoms with Crippen molar-refractivity contribution in [2.75, 3.05) is 11.9 Å². The molecule has 0 aliphatic carbocycles. The molecule has 0 spiro atoms. The molecular weight excluding hydrogens is 264 g/mol. The van der Waals surface area contributed by atoms with E-state index in [0.29, 0.717) is 11.1 Å². The number of nitrogens with one attached hydrogen (secondary N) is 2. The van der Waals surface area contributed by atoms with E-state index in [2.05, 4.69) is 16.7 Å². The van der Waals surface area contributed by atoms with Crippen molar-refractivity contribution in [2.45, 2.75) is 19.9 Å². The van der Waals surface area contributed by atoms with Crippen LogP contribution in [0.15, 0.2) is 36.4 Å². The van der Waals surface area contributed by atoms with Crippen molar-refractivity contribution < 1.29 is 9.90 Å². The van der Waals surface area contributed by atoms with Gasteiger partial charge in [0.15, 0.2) is 0 Å². The van der Waals surface area contributed by atoms with Crippen molar-refractivity contribution in [1.29, 1.82) is 0 Å². The summed E-state index contributed by atoms with van der Waals surface area (Å²) < 4.78 is 0. The van der Waals surface area contributed by atoms with Crippen LogP contribution >= 0.6 is 0 Å². The van der Waals surface area contributed by atoms with E-state index in [4.69, 9.17) is 0 Å². The van der Waals surface area contributed by atoms with Crippen LogP contribution in [0.25, 0.3) is 0 Å². The van der Waals surface area contributed by atoms with E-state index in [0.717, 1.165) is 25.2 Å². The van der Waals surface area contributed by atoms with Gasteiger partial charge < -0.3 is 15.7 Å². The smallest absolute Gasteiger partial charge is 0.255 e. The maximum atomic E-state index is 12.4. The molecule has 0 fully saturated rings. The molecule has 0 unspecified atom stereocenters. The topological polar surface area (TPSA) is 61.4 Å². The monoisotopic (exact) mass is 282 g/mol. The third-order valence-electron chi connectivity index (χ3n) is 3.85. The summed E-state index contributed by atoms with van der Waals surface area (Å²) in [7, 11) is 0. The largest absolute Gasteiger partial charge is 0.508 e. The standard InChI is InChI=1S/C17H18N2O2/c1-11-9-12(5-6-16(11)20)17(21)19-15-4-2-3-13-10-18-8-7-14(13)15/h2-6,9,18,20H,7-8,10H2,1H3,(H,19,21). The number of amides is 1. The van der Waals surface area contributed by atoms with E-state index >= 15 is 0 Å². The van der Waals surface area contributed by atoms with E-state index in [1.54, 1.807) is 25.1 Å². The average molecular weight is 282 g/mol. The quantitative estimate of drug-likeness (QED) is 0.793. The highest BCUT2D eigenvalue weighted by molar-refractivity contribution is 6.05. The van der Waals surface area contributed by atoms with Gasteiger partial charge in [-0.25, -0.2) is 0 Å². The van der Waals surface area contributed by atoms with Crippen molar-refractivity contribution in [3.63, 3.8) is 0 Å². The fraction of sp³-hybridized carbons (Fsp3) is 0.235. The van der Waals surface area contributed by atoms with Crippen LogP contribution in [-0.2, 0) is 13.0 Å². The van der Waals surface area contributed by atoms with Crippen LogP contribution < -0.4 is 10.6 Å². The Labute approximate surface area is 123 Å². The Morgan fingerprint density at radius 1 is 1.29 bits per heavy atom. The van der Waals surface area contributed by atoms with Crippen LogP contribution in [0.2, 0.25) is 0 Å². The van der Waals surface area contributed by atoms with Crippen LogP contribution in [0.4, 0.5) is 5.69 Å². The number of phenolic OH excluding ortho intramolecular Hbond substituents is 1. The van der Waals surface area contributed by atoms with Crippen molar-refractivity contribution in [3.8, 4) is 5.75 Å². The van der Waals surface area contributed by atoms with Gasteiger partial charge in [0.25, 0.3) is 5.91 Å². The highest BCUT2D eigenvalue weighted by Gasteiger charge is 2.15. The molecule has 0 aromatic heterocycles. The molecule has 0 saturated carbocycles. The lowest BCUT2D eigenvalue weighted by Gasteiger charge is -2.20. The van der Waals surface area contributed by atoms with E-state index in [9.17, 15) is 9.90 Å². The lowest BCUT2D eigenvalue weighted by Crippen LogP contribution is -2.25.